The second-order valence-electron chi connectivity index (χ2n) is 2.78. The summed E-state index contributed by atoms with van der Waals surface area (Å²) in [7, 11) is 0. The molecule has 0 aromatic rings. The molecule has 1 aliphatic rings. The fourth-order valence-corrected chi connectivity index (χ4v) is 1.14. The Kier molecular flexibility index (Phi) is 5.85. The molecule has 1 amide bonds. The standard InChI is InChI=1S/C10H12N2O2.C2H6/c1-4-6-8(5-2)12-9(11)7(3)14-10(12)13;1-2/h4-7,11H,1-2H2,3H3;1-2H3/b8-6+,11-9?;. The number of nitrogens with one attached hydrogen (secondary N) is 1. The number of rotatable bonds is 3. The molecule has 1 atom stereocenters. The van der Waals surface area contributed by atoms with Crippen molar-refractivity contribution in [3.8, 4) is 0 Å². The van der Waals surface area contributed by atoms with Crippen molar-refractivity contribution in [2.75, 3.05) is 0 Å². The van der Waals surface area contributed by atoms with Gasteiger partial charge in [-0.15, -0.1) is 0 Å². The largest absolute Gasteiger partial charge is 0.438 e. The van der Waals surface area contributed by atoms with Crippen molar-refractivity contribution in [2.24, 2.45) is 0 Å². The number of allylic oxidation sites excluding steroid dienone is 3. The molecule has 1 N–H and O–H groups in total. The highest BCUT2D eigenvalue weighted by Crippen LogP contribution is 2.19. The highest BCUT2D eigenvalue weighted by atomic mass is 16.6. The molecular weight excluding hydrogens is 204 g/mol. The van der Waals surface area contributed by atoms with Gasteiger partial charge in [-0.2, -0.15) is 0 Å². The molecule has 0 aromatic carbocycles. The van der Waals surface area contributed by atoms with Gasteiger partial charge in [0, 0.05) is 0 Å². The van der Waals surface area contributed by atoms with E-state index in [-0.39, 0.29) is 5.84 Å². The zero-order valence-electron chi connectivity index (χ0n) is 9.99. The third kappa shape index (κ3) is 2.82. The smallest absolute Gasteiger partial charge is 0.420 e. The van der Waals surface area contributed by atoms with E-state index in [0.717, 1.165) is 0 Å². The maximum Gasteiger partial charge on any atom is 0.420 e. The van der Waals surface area contributed by atoms with Gasteiger partial charge in [0.25, 0.3) is 0 Å². The SMILES string of the molecule is C=C/C=C(\C=C)N1C(=N)C(C)OC1=O.CC. The lowest BCUT2D eigenvalue weighted by molar-refractivity contribution is 0.144. The van der Waals surface area contributed by atoms with Crippen molar-refractivity contribution in [3.05, 3.63) is 37.1 Å². The van der Waals surface area contributed by atoms with Crippen LogP contribution in [-0.4, -0.2) is 22.9 Å². The van der Waals surface area contributed by atoms with Crippen LogP contribution in [0.2, 0.25) is 0 Å². The van der Waals surface area contributed by atoms with Gasteiger partial charge >= 0.3 is 6.09 Å². The van der Waals surface area contributed by atoms with Crippen LogP contribution in [0.1, 0.15) is 20.8 Å². The van der Waals surface area contributed by atoms with Crippen molar-refractivity contribution in [1.82, 2.24) is 4.90 Å². The van der Waals surface area contributed by atoms with Gasteiger partial charge in [-0.05, 0) is 19.1 Å². The maximum absolute atomic E-state index is 11.3. The van der Waals surface area contributed by atoms with Gasteiger partial charge in [0.2, 0.25) is 0 Å². The number of amidine groups is 1. The molecule has 0 bridgehead atoms. The zero-order valence-corrected chi connectivity index (χ0v) is 9.99. The summed E-state index contributed by atoms with van der Waals surface area (Å²) in [6, 6.07) is 0. The highest BCUT2D eigenvalue weighted by Gasteiger charge is 2.35. The first-order valence-electron chi connectivity index (χ1n) is 5.16. The summed E-state index contributed by atoms with van der Waals surface area (Å²) < 4.78 is 4.85. The summed E-state index contributed by atoms with van der Waals surface area (Å²) in [6.45, 7) is 12.7. The van der Waals surface area contributed by atoms with E-state index in [9.17, 15) is 4.79 Å². The Hall–Kier alpha value is -1.84. The van der Waals surface area contributed by atoms with Gasteiger partial charge in [-0.1, -0.05) is 33.1 Å². The van der Waals surface area contributed by atoms with Crippen LogP contribution in [-0.2, 0) is 4.74 Å². The molecule has 1 rings (SSSR count). The summed E-state index contributed by atoms with van der Waals surface area (Å²) in [5.41, 5.74) is 0.499. The molecule has 1 saturated heterocycles. The van der Waals surface area contributed by atoms with Crippen molar-refractivity contribution in [3.63, 3.8) is 0 Å². The minimum atomic E-state index is -0.546. The first kappa shape index (κ1) is 14.2. The van der Waals surface area contributed by atoms with Crippen LogP contribution in [0, 0.1) is 5.41 Å². The summed E-state index contributed by atoms with van der Waals surface area (Å²) in [4.78, 5) is 12.5. The van der Waals surface area contributed by atoms with E-state index in [1.165, 1.54) is 17.1 Å². The average Bonchev–Trinajstić information content (AvgIpc) is 2.54. The molecule has 0 aliphatic carbocycles. The lowest BCUT2D eigenvalue weighted by Gasteiger charge is -2.13. The van der Waals surface area contributed by atoms with Crippen LogP contribution in [0.3, 0.4) is 0 Å². The van der Waals surface area contributed by atoms with E-state index in [0.29, 0.717) is 5.70 Å². The molecule has 1 heterocycles. The predicted molar refractivity (Wildman–Crippen MR) is 65.3 cm³/mol. The third-order valence-corrected chi connectivity index (χ3v) is 1.84. The monoisotopic (exact) mass is 222 g/mol. The van der Waals surface area contributed by atoms with E-state index in [1.807, 2.05) is 13.8 Å². The number of hydrogen-bond donors (Lipinski definition) is 1. The number of carbonyl (C=O) groups excluding carboxylic acids is 1. The highest BCUT2D eigenvalue weighted by molar-refractivity contribution is 6.03. The minimum absolute atomic E-state index is 0.114. The predicted octanol–water partition coefficient (Wildman–Crippen LogP) is 3.09. The van der Waals surface area contributed by atoms with Crippen LogP contribution in [0.4, 0.5) is 4.79 Å². The maximum atomic E-state index is 11.3. The number of carbonyl (C=O) groups is 1. The van der Waals surface area contributed by atoms with Crippen LogP contribution >= 0.6 is 0 Å². The van der Waals surface area contributed by atoms with Gasteiger partial charge in [0.15, 0.2) is 11.9 Å². The first-order chi connectivity index (χ1) is 7.61. The van der Waals surface area contributed by atoms with Gasteiger partial charge in [0.1, 0.15) is 0 Å². The molecule has 1 unspecified atom stereocenters. The first-order valence-corrected chi connectivity index (χ1v) is 5.16. The fraction of sp³-hybridized carbons (Fsp3) is 0.333. The fourth-order valence-electron chi connectivity index (χ4n) is 1.14. The molecule has 88 valence electrons. The molecule has 4 heteroatoms. The molecular formula is C12H18N2O2. The minimum Gasteiger partial charge on any atom is -0.438 e. The van der Waals surface area contributed by atoms with Crippen molar-refractivity contribution in [1.29, 1.82) is 5.41 Å². The number of ether oxygens (including phenoxy) is 1. The second kappa shape index (κ2) is 6.61. The Balaban J connectivity index is 0.00000106. The summed E-state index contributed by atoms with van der Waals surface area (Å²) in [5, 5.41) is 7.61. The van der Waals surface area contributed by atoms with Crippen molar-refractivity contribution in [2.45, 2.75) is 26.9 Å². The lowest BCUT2D eigenvalue weighted by Crippen LogP contribution is -2.28. The Labute approximate surface area is 96.4 Å². The number of amides is 1. The van der Waals surface area contributed by atoms with E-state index in [2.05, 4.69) is 13.2 Å². The Morgan fingerprint density at radius 2 is 2.06 bits per heavy atom. The molecule has 16 heavy (non-hydrogen) atoms. The van der Waals surface area contributed by atoms with Crippen LogP contribution < -0.4 is 0 Å². The van der Waals surface area contributed by atoms with E-state index in [1.54, 1.807) is 13.0 Å². The van der Waals surface area contributed by atoms with Gasteiger partial charge in [0.05, 0.1) is 5.70 Å². The molecule has 0 saturated carbocycles. The van der Waals surface area contributed by atoms with Crippen molar-refractivity contribution < 1.29 is 9.53 Å². The van der Waals surface area contributed by atoms with E-state index < -0.39 is 12.2 Å². The molecule has 1 fully saturated rings. The molecule has 4 nitrogen and oxygen atoms in total. The van der Waals surface area contributed by atoms with Gasteiger partial charge in [-0.25, -0.2) is 9.69 Å². The van der Waals surface area contributed by atoms with E-state index >= 15 is 0 Å². The van der Waals surface area contributed by atoms with E-state index in [4.69, 9.17) is 10.1 Å². The summed E-state index contributed by atoms with van der Waals surface area (Å²) >= 11 is 0. The molecule has 0 radical (unpaired) electrons. The van der Waals surface area contributed by atoms with Crippen LogP contribution in [0.5, 0.6) is 0 Å². The number of hydrogen-bond acceptors (Lipinski definition) is 3. The van der Waals surface area contributed by atoms with Gasteiger partial charge in [-0.3, -0.25) is 5.41 Å². The van der Waals surface area contributed by atoms with Gasteiger partial charge < -0.3 is 4.74 Å². The Bertz CT molecular complexity index is 332. The normalized spacial score (nSPS) is 19.8. The molecule has 1 aliphatic heterocycles. The average molecular weight is 222 g/mol. The second-order valence-corrected chi connectivity index (χ2v) is 2.78. The lowest BCUT2D eigenvalue weighted by atomic mass is 10.3. The molecule has 0 aromatic heterocycles. The molecule has 0 spiro atoms. The van der Waals surface area contributed by atoms with Crippen LogP contribution in [0.25, 0.3) is 0 Å². The summed E-state index contributed by atoms with van der Waals surface area (Å²) in [5.74, 6) is 0.114. The Morgan fingerprint density at radius 1 is 1.50 bits per heavy atom. The quantitative estimate of drug-likeness (QED) is 0.746. The number of cyclic esters (lactones) is 1. The summed E-state index contributed by atoms with van der Waals surface area (Å²) in [6.07, 6.45) is 3.56. The Morgan fingerprint density at radius 3 is 2.38 bits per heavy atom. The third-order valence-electron chi connectivity index (χ3n) is 1.84. The topological polar surface area (TPSA) is 53.4 Å². The number of nitrogens with zero attached hydrogens (tertiary/aromatic N) is 1. The van der Waals surface area contributed by atoms with Crippen LogP contribution in [0.15, 0.2) is 37.1 Å². The zero-order chi connectivity index (χ0) is 12.7. The van der Waals surface area contributed by atoms with Crippen molar-refractivity contribution >= 4 is 11.9 Å².